The molecule has 5 heteroatoms. The van der Waals surface area contributed by atoms with Gasteiger partial charge < -0.3 is 13.9 Å². The van der Waals surface area contributed by atoms with E-state index in [1.165, 1.54) is 12.0 Å². The smallest absolute Gasteiger partial charge is 0.118 e. The Balaban J connectivity index is 1.46. The number of benzene rings is 1. The second-order valence-electron chi connectivity index (χ2n) is 7.38. The summed E-state index contributed by atoms with van der Waals surface area (Å²) in [7, 11) is 3.89. The normalized spacial score (nSPS) is 26.2. The number of ether oxygens (including phenoxy) is 2. The van der Waals surface area contributed by atoms with E-state index in [1.54, 1.807) is 13.4 Å². The number of nitrogens with zero attached hydrogens (tertiary/aromatic N) is 2. The highest BCUT2D eigenvalue weighted by Crippen LogP contribution is 2.33. The molecule has 4 rings (SSSR count). The van der Waals surface area contributed by atoms with Crippen LogP contribution in [-0.4, -0.2) is 55.3 Å². The molecule has 0 aliphatic carbocycles. The van der Waals surface area contributed by atoms with Crippen molar-refractivity contribution in [2.75, 3.05) is 27.3 Å². The number of rotatable bonds is 6. The van der Waals surface area contributed by atoms with Gasteiger partial charge in [-0.15, -0.1) is 0 Å². The molecule has 2 aliphatic rings. The van der Waals surface area contributed by atoms with Gasteiger partial charge in [-0.25, -0.2) is 0 Å². The summed E-state index contributed by atoms with van der Waals surface area (Å²) in [5.74, 6) is 1.92. The number of likely N-dealkylation sites (N-methyl/N-ethyl adjacent to an activating group) is 1. The predicted molar refractivity (Wildman–Crippen MR) is 100 cm³/mol. The van der Waals surface area contributed by atoms with Crippen molar-refractivity contribution < 1.29 is 13.9 Å². The first-order valence-electron chi connectivity index (χ1n) is 9.46. The first kappa shape index (κ1) is 17.6. The van der Waals surface area contributed by atoms with Crippen LogP contribution in [-0.2, 0) is 17.8 Å². The van der Waals surface area contributed by atoms with Crippen LogP contribution in [0.2, 0.25) is 0 Å². The van der Waals surface area contributed by atoms with Crippen LogP contribution in [0.4, 0.5) is 0 Å². The minimum atomic E-state index is 0.280. The summed E-state index contributed by atoms with van der Waals surface area (Å²) < 4.78 is 17.0. The van der Waals surface area contributed by atoms with Crippen LogP contribution >= 0.6 is 0 Å². The molecule has 3 atom stereocenters. The zero-order valence-corrected chi connectivity index (χ0v) is 15.6. The third kappa shape index (κ3) is 3.65. The van der Waals surface area contributed by atoms with E-state index in [0.29, 0.717) is 12.1 Å². The van der Waals surface area contributed by atoms with Crippen molar-refractivity contribution in [3.05, 3.63) is 54.0 Å². The number of hydrogen-bond acceptors (Lipinski definition) is 5. The van der Waals surface area contributed by atoms with Gasteiger partial charge in [0.15, 0.2) is 0 Å². The second kappa shape index (κ2) is 7.82. The standard InChI is InChI=1S/C21H28N2O3/c1-22(14-18-5-3-11-25-18)20-15-23(19-6-4-12-26-21(19)20)13-16-7-9-17(24-2)10-8-16/h3,5,7-11,19-21H,4,6,12-15H2,1-2H3/t19-,20-,21+/m1/s1. The summed E-state index contributed by atoms with van der Waals surface area (Å²) >= 11 is 0. The van der Waals surface area contributed by atoms with Crippen LogP contribution in [0.25, 0.3) is 0 Å². The molecular weight excluding hydrogens is 328 g/mol. The van der Waals surface area contributed by atoms with Crippen molar-refractivity contribution in [3.8, 4) is 5.75 Å². The highest BCUT2D eigenvalue weighted by molar-refractivity contribution is 5.27. The Labute approximate surface area is 155 Å². The van der Waals surface area contributed by atoms with Gasteiger partial charge in [0.25, 0.3) is 0 Å². The third-order valence-electron chi connectivity index (χ3n) is 5.70. The quantitative estimate of drug-likeness (QED) is 0.795. The molecule has 0 spiro atoms. The van der Waals surface area contributed by atoms with Crippen LogP contribution in [0, 0.1) is 0 Å². The minimum absolute atomic E-state index is 0.280. The number of fused-ring (bicyclic) bond motifs is 1. The van der Waals surface area contributed by atoms with Gasteiger partial charge in [0.2, 0.25) is 0 Å². The Morgan fingerprint density at radius 2 is 2.08 bits per heavy atom. The monoisotopic (exact) mass is 356 g/mol. The summed E-state index contributed by atoms with van der Waals surface area (Å²) in [6.45, 7) is 3.68. The molecule has 3 heterocycles. The zero-order valence-electron chi connectivity index (χ0n) is 15.6. The molecule has 0 bridgehead atoms. The van der Waals surface area contributed by atoms with E-state index in [4.69, 9.17) is 13.9 Å². The van der Waals surface area contributed by atoms with Crippen LogP contribution < -0.4 is 4.74 Å². The Bertz CT molecular complexity index is 686. The van der Waals surface area contributed by atoms with E-state index < -0.39 is 0 Å². The van der Waals surface area contributed by atoms with Crippen molar-refractivity contribution >= 4 is 0 Å². The fourth-order valence-corrected chi connectivity index (χ4v) is 4.33. The first-order chi connectivity index (χ1) is 12.7. The van der Waals surface area contributed by atoms with Crippen molar-refractivity contribution in [2.45, 2.75) is 44.1 Å². The van der Waals surface area contributed by atoms with E-state index in [1.807, 2.05) is 24.3 Å². The topological polar surface area (TPSA) is 38.1 Å². The third-order valence-corrected chi connectivity index (χ3v) is 5.70. The first-order valence-corrected chi connectivity index (χ1v) is 9.46. The number of methoxy groups -OCH3 is 1. The Kier molecular flexibility index (Phi) is 5.29. The molecule has 2 fully saturated rings. The zero-order chi connectivity index (χ0) is 17.9. The van der Waals surface area contributed by atoms with Gasteiger partial charge in [0.1, 0.15) is 11.5 Å². The Morgan fingerprint density at radius 3 is 2.81 bits per heavy atom. The second-order valence-corrected chi connectivity index (χ2v) is 7.38. The van der Waals surface area contributed by atoms with Crippen molar-refractivity contribution in [1.82, 2.24) is 9.80 Å². The SMILES string of the molecule is COc1ccc(CN2C[C@@H](N(C)Cc3ccco3)[C@H]3OCCC[C@H]32)cc1. The fourth-order valence-electron chi connectivity index (χ4n) is 4.33. The van der Waals surface area contributed by atoms with Crippen LogP contribution in [0.15, 0.2) is 47.1 Å². The molecule has 0 N–H and O–H groups in total. The highest BCUT2D eigenvalue weighted by atomic mass is 16.5. The van der Waals surface area contributed by atoms with E-state index in [0.717, 1.165) is 44.2 Å². The molecule has 0 amide bonds. The molecule has 26 heavy (non-hydrogen) atoms. The van der Waals surface area contributed by atoms with Gasteiger partial charge in [-0.1, -0.05) is 12.1 Å². The average molecular weight is 356 g/mol. The van der Waals surface area contributed by atoms with Gasteiger partial charge in [0.05, 0.1) is 32.1 Å². The number of likely N-dealkylation sites (tertiary alicyclic amines) is 1. The molecule has 2 aliphatic heterocycles. The van der Waals surface area contributed by atoms with Crippen molar-refractivity contribution in [3.63, 3.8) is 0 Å². The van der Waals surface area contributed by atoms with Gasteiger partial charge >= 0.3 is 0 Å². The summed E-state index contributed by atoms with van der Waals surface area (Å²) in [4.78, 5) is 4.98. The maximum atomic E-state index is 6.23. The molecule has 5 nitrogen and oxygen atoms in total. The van der Waals surface area contributed by atoms with E-state index in [9.17, 15) is 0 Å². The van der Waals surface area contributed by atoms with E-state index in [-0.39, 0.29) is 6.10 Å². The number of furan rings is 1. The molecule has 0 saturated carbocycles. The van der Waals surface area contributed by atoms with E-state index in [2.05, 4.69) is 29.0 Å². The van der Waals surface area contributed by atoms with Crippen LogP contribution in [0.3, 0.4) is 0 Å². The van der Waals surface area contributed by atoms with Crippen LogP contribution in [0.1, 0.15) is 24.2 Å². The fraction of sp³-hybridized carbons (Fsp3) is 0.524. The molecular formula is C21H28N2O3. The lowest BCUT2D eigenvalue weighted by Gasteiger charge is -2.34. The summed E-state index contributed by atoms with van der Waals surface area (Å²) in [5.41, 5.74) is 1.32. The predicted octanol–water partition coefficient (Wildman–Crippen LogP) is 3.15. The van der Waals surface area contributed by atoms with Gasteiger partial charge in [-0.05, 0) is 49.7 Å². The molecule has 1 aromatic heterocycles. The van der Waals surface area contributed by atoms with Gasteiger partial charge in [0, 0.05) is 25.7 Å². The maximum absolute atomic E-state index is 6.23. The largest absolute Gasteiger partial charge is 0.497 e. The summed E-state index contributed by atoms with van der Waals surface area (Å²) in [6, 6.07) is 13.3. The lowest BCUT2D eigenvalue weighted by atomic mass is 10.00. The Morgan fingerprint density at radius 1 is 1.23 bits per heavy atom. The van der Waals surface area contributed by atoms with Crippen molar-refractivity contribution in [2.24, 2.45) is 0 Å². The van der Waals surface area contributed by atoms with Gasteiger partial charge in [-0.2, -0.15) is 0 Å². The van der Waals surface area contributed by atoms with Crippen molar-refractivity contribution in [1.29, 1.82) is 0 Å². The molecule has 1 aromatic carbocycles. The maximum Gasteiger partial charge on any atom is 0.118 e. The summed E-state index contributed by atoms with van der Waals surface area (Å²) in [5, 5.41) is 0. The number of hydrogen-bond donors (Lipinski definition) is 0. The molecule has 0 unspecified atom stereocenters. The lowest BCUT2D eigenvalue weighted by Crippen LogP contribution is -2.46. The molecule has 140 valence electrons. The molecule has 2 saturated heterocycles. The Hall–Kier alpha value is -1.82. The highest BCUT2D eigenvalue weighted by Gasteiger charge is 2.45. The minimum Gasteiger partial charge on any atom is -0.497 e. The summed E-state index contributed by atoms with van der Waals surface area (Å²) in [6.07, 6.45) is 4.39. The van der Waals surface area contributed by atoms with E-state index >= 15 is 0 Å². The van der Waals surface area contributed by atoms with Gasteiger partial charge in [-0.3, -0.25) is 9.80 Å². The molecule has 2 aromatic rings. The average Bonchev–Trinajstić information content (AvgIpc) is 3.31. The van der Waals surface area contributed by atoms with Crippen LogP contribution in [0.5, 0.6) is 5.75 Å². The molecule has 0 radical (unpaired) electrons. The lowest BCUT2D eigenvalue weighted by molar-refractivity contribution is -0.0391.